The second-order valence-corrected chi connectivity index (χ2v) is 5.56. The molecule has 0 aliphatic rings. The van der Waals surface area contributed by atoms with Gasteiger partial charge in [0.15, 0.2) is 0 Å². The van der Waals surface area contributed by atoms with Crippen molar-refractivity contribution in [2.24, 2.45) is 0 Å². The summed E-state index contributed by atoms with van der Waals surface area (Å²) in [6.07, 6.45) is 4.92. The summed E-state index contributed by atoms with van der Waals surface area (Å²) in [6.45, 7) is 0.199. The average Bonchev–Trinajstić information content (AvgIpc) is 3.29. The zero-order valence-electron chi connectivity index (χ0n) is 12.8. The highest BCUT2D eigenvalue weighted by atomic mass is 35.5. The number of nitrogens with zero attached hydrogens (tertiary/aromatic N) is 3. The molecule has 0 spiro atoms. The number of nitro groups is 1. The summed E-state index contributed by atoms with van der Waals surface area (Å²) in [7, 11) is 0. The van der Waals surface area contributed by atoms with Gasteiger partial charge < -0.3 is 9.73 Å². The Kier molecular flexibility index (Phi) is 4.80. The minimum Gasteiger partial charge on any atom is -0.467 e. The number of hydrogen-bond acceptors (Lipinski definition) is 5. The van der Waals surface area contributed by atoms with Crippen LogP contribution in [0.1, 0.15) is 22.2 Å². The SMILES string of the molecule is O=C(NCC(c1ccco1)n1cccn1)c1ccc(Cl)c([N+](=O)[O-])c1. The van der Waals surface area contributed by atoms with E-state index in [0.717, 1.165) is 6.07 Å². The van der Waals surface area contributed by atoms with Crippen LogP contribution in [0.2, 0.25) is 5.02 Å². The van der Waals surface area contributed by atoms with Crippen LogP contribution in [0.25, 0.3) is 0 Å². The molecule has 25 heavy (non-hydrogen) atoms. The molecule has 0 aliphatic heterocycles. The highest BCUT2D eigenvalue weighted by Crippen LogP contribution is 2.25. The number of furan rings is 1. The van der Waals surface area contributed by atoms with E-state index in [4.69, 9.17) is 16.0 Å². The molecule has 0 saturated heterocycles. The van der Waals surface area contributed by atoms with E-state index in [9.17, 15) is 14.9 Å². The van der Waals surface area contributed by atoms with Gasteiger partial charge in [0.1, 0.15) is 16.8 Å². The molecule has 1 unspecified atom stereocenters. The number of carbonyl (C=O) groups excluding carboxylic acids is 1. The van der Waals surface area contributed by atoms with Crippen molar-refractivity contribution < 1.29 is 14.1 Å². The van der Waals surface area contributed by atoms with E-state index >= 15 is 0 Å². The third kappa shape index (κ3) is 3.69. The topological polar surface area (TPSA) is 103 Å². The first-order valence-electron chi connectivity index (χ1n) is 7.31. The van der Waals surface area contributed by atoms with Crippen molar-refractivity contribution >= 4 is 23.2 Å². The molecule has 1 N–H and O–H groups in total. The highest BCUT2D eigenvalue weighted by Gasteiger charge is 2.20. The van der Waals surface area contributed by atoms with E-state index in [-0.39, 0.29) is 28.9 Å². The van der Waals surface area contributed by atoms with Gasteiger partial charge in [-0.3, -0.25) is 19.6 Å². The zero-order valence-corrected chi connectivity index (χ0v) is 13.6. The molecule has 0 radical (unpaired) electrons. The summed E-state index contributed by atoms with van der Waals surface area (Å²) in [6, 6.07) is 8.86. The Labute approximate surface area is 147 Å². The Morgan fingerprint density at radius 3 is 2.88 bits per heavy atom. The third-order valence-electron chi connectivity index (χ3n) is 3.58. The Hall–Kier alpha value is -3.13. The first-order chi connectivity index (χ1) is 12.1. The molecule has 1 aromatic carbocycles. The summed E-state index contributed by atoms with van der Waals surface area (Å²) in [5, 5.41) is 17.8. The molecule has 128 valence electrons. The van der Waals surface area contributed by atoms with Crippen molar-refractivity contribution in [3.8, 4) is 0 Å². The van der Waals surface area contributed by atoms with E-state index in [1.54, 1.807) is 35.3 Å². The second-order valence-electron chi connectivity index (χ2n) is 5.15. The molecule has 8 nitrogen and oxygen atoms in total. The molecule has 9 heteroatoms. The van der Waals surface area contributed by atoms with Crippen LogP contribution >= 0.6 is 11.6 Å². The fourth-order valence-corrected chi connectivity index (χ4v) is 2.54. The normalized spacial score (nSPS) is 11.9. The van der Waals surface area contributed by atoms with Gasteiger partial charge in [-0.15, -0.1) is 0 Å². The Balaban J connectivity index is 1.76. The van der Waals surface area contributed by atoms with Crippen LogP contribution in [0.4, 0.5) is 5.69 Å². The average molecular weight is 361 g/mol. The lowest BCUT2D eigenvalue weighted by atomic mass is 10.1. The number of amides is 1. The number of nitrogens with one attached hydrogen (secondary N) is 1. The lowest BCUT2D eigenvalue weighted by molar-refractivity contribution is -0.384. The molecular formula is C16H13ClN4O4. The van der Waals surface area contributed by atoms with E-state index < -0.39 is 10.8 Å². The predicted octanol–water partition coefficient (Wildman–Crippen LogP) is 3.06. The van der Waals surface area contributed by atoms with Crippen molar-refractivity contribution in [2.45, 2.75) is 6.04 Å². The maximum atomic E-state index is 12.3. The maximum absolute atomic E-state index is 12.3. The summed E-state index contributed by atoms with van der Waals surface area (Å²) in [5.74, 6) is 0.176. The number of benzene rings is 1. The third-order valence-corrected chi connectivity index (χ3v) is 3.90. The standard InChI is InChI=1S/C16H13ClN4O4/c17-12-5-4-11(9-13(12)21(23)24)16(22)18-10-14(15-3-1-8-25-15)20-7-2-6-19-20/h1-9,14H,10H2,(H,18,22). The maximum Gasteiger partial charge on any atom is 0.288 e. The van der Waals surface area contributed by atoms with Crippen LogP contribution in [0.15, 0.2) is 59.5 Å². The van der Waals surface area contributed by atoms with Crippen molar-refractivity contribution in [3.05, 3.63) is 81.5 Å². The van der Waals surface area contributed by atoms with E-state index in [1.165, 1.54) is 18.4 Å². The minimum atomic E-state index is -0.630. The number of halogens is 1. The molecule has 0 fully saturated rings. The molecule has 2 aromatic heterocycles. The van der Waals surface area contributed by atoms with Crippen molar-refractivity contribution in [1.29, 1.82) is 0 Å². The summed E-state index contributed by atoms with van der Waals surface area (Å²) >= 11 is 5.76. The van der Waals surface area contributed by atoms with Gasteiger partial charge in [0.2, 0.25) is 0 Å². The highest BCUT2D eigenvalue weighted by molar-refractivity contribution is 6.32. The number of carbonyl (C=O) groups is 1. The molecule has 2 heterocycles. The summed E-state index contributed by atoms with van der Waals surface area (Å²) in [5.41, 5.74) is -0.168. The molecule has 1 atom stereocenters. The van der Waals surface area contributed by atoms with Gasteiger partial charge in [-0.05, 0) is 30.3 Å². The smallest absolute Gasteiger partial charge is 0.288 e. The van der Waals surface area contributed by atoms with Crippen LogP contribution in [0.3, 0.4) is 0 Å². The van der Waals surface area contributed by atoms with Crippen LogP contribution in [-0.2, 0) is 0 Å². The molecular weight excluding hydrogens is 348 g/mol. The van der Waals surface area contributed by atoms with E-state index in [0.29, 0.717) is 5.76 Å². The van der Waals surface area contributed by atoms with Gasteiger partial charge in [0.25, 0.3) is 11.6 Å². The van der Waals surface area contributed by atoms with Crippen molar-refractivity contribution in [2.75, 3.05) is 6.54 Å². The monoisotopic (exact) mass is 360 g/mol. The number of aromatic nitrogens is 2. The predicted molar refractivity (Wildman–Crippen MR) is 89.5 cm³/mol. The van der Waals surface area contributed by atoms with Crippen LogP contribution in [-0.4, -0.2) is 27.2 Å². The lowest BCUT2D eigenvalue weighted by Crippen LogP contribution is -2.31. The minimum absolute atomic E-state index is 0.0217. The fraction of sp³-hybridized carbons (Fsp3) is 0.125. The van der Waals surface area contributed by atoms with Crippen molar-refractivity contribution in [1.82, 2.24) is 15.1 Å². The van der Waals surface area contributed by atoms with Gasteiger partial charge in [-0.1, -0.05) is 11.6 Å². The quantitative estimate of drug-likeness (QED) is 0.537. The van der Waals surface area contributed by atoms with Gasteiger partial charge in [-0.25, -0.2) is 0 Å². The van der Waals surface area contributed by atoms with E-state index in [2.05, 4.69) is 10.4 Å². The number of rotatable bonds is 6. The van der Waals surface area contributed by atoms with Crippen LogP contribution < -0.4 is 5.32 Å². The molecule has 3 rings (SSSR count). The Morgan fingerprint density at radius 2 is 2.24 bits per heavy atom. The number of nitro benzene ring substituents is 1. The summed E-state index contributed by atoms with van der Waals surface area (Å²) in [4.78, 5) is 22.6. The molecule has 3 aromatic rings. The molecule has 1 amide bonds. The van der Waals surface area contributed by atoms with Crippen LogP contribution in [0.5, 0.6) is 0 Å². The van der Waals surface area contributed by atoms with Crippen molar-refractivity contribution in [3.63, 3.8) is 0 Å². The first-order valence-corrected chi connectivity index (χ1v) is 7.68. The Morgan fingerprint density at radius 1 is 1.40 bits per heavy atom. The van der Waals surface area contributed by atoms with E-state index in [1.807, 2.05) is 0 Å². The van der Waals surface area contributed by atoms with Gasteiger partial charge in [-0.2, -0.15) is 5.10 Å². The molecule has 0 saturated carbocycles. The molecule has 0 aliphatic carbocycles. The van der Waals surface area contributed by atoms with Gasteiger partial charge in [0, 0.05) is 30.6 Å². The second kappa shape index (κ2) is 7.18. The molecule has 0 bridgehead atoms. The first kappa shape index (κ1) is 16.7. The fourth-order valence-electron chi connectivity index (χ4n) is 2.36. The summed E-state index contributed by atoms with van der Waals surface area (Å²) < 4.78 is 7.06. The number of hydrogen-bond donors (Lipinski definition) is 1. The largest absolute Gasteiger partial charge is 0.467 e. The van der Waals surface area contributed by atoms with Crippen LogP contribution in [0, 0.1) is 10.1 Å². The lowest BCUT2D eigenvalue weighted by Gasteiger charge is -2.16. The Bertz CT molecular complexity index is 843. The van der Waals surface area contributed by atoms with Gasteiger partial charge in [0.05, 0.1) is 11.2 Å². The zero-order chi connectivity index (χ0) is 17.8. The van der Waals surface area contributed by atoms with Gasteiger partial charge >= 0.3 is 0 Å².